The van der Waals surface area contributed by atoms with E-state index in [1.165, 1.54) is 12.0 Å². The van der Waals surface area contributed by atoms with Crippen LogP contribution in [0.1, 0.15) is 27.2 Å². The number of benzene rings is 1. The van der Waals surface area contributed by atoms with E-state index in [9.17, 15) is 9.59 Å². The molecule has 0 aliphatic carbocycles. The summed E-state index contributed by atoms with van der Waals surface area (Å²) in [6, 6.07) is 7.32. The summed E-state index contributed by atoms with van der Waals surface area (Å²) in [4.78, 5) is 36.4. The van der Waals surface area contributed by atoms with Gasteiger partial charge in [-0.1, -0.05) is 32.4 Å². The van der Waals surface area contributed by atoms with Gasteiger partial charge < -0.3 is 30.2 Å². The first-order valence-electron chi connectivity index (χ1n) is 12.2. The summed E-state index contributed by atoms with van der Waals surface area (Å²) in [5, 5.41) is 5.23. The molecule has 1 aliphatic rings. The fraction of sp³-hybridized carbons (Fsp3) is 0.407. The van der Waals surface area contributed by atoms with Gasteiger partial charge in [0.05, 0.1) is 38.8 Å². The summed E-state index contributed by atoms with van der Waals surface area (Å²) in [6.07, 6.45) is 2.88. The highest BCUT2D eigenvalue weighted by Gasteiger charge is 2.44. The monoisotopic (exact) mass is 541 g/mol. The molecule has 38 heavy (non-hydrogen) atoms. The maximum absolute atomic E-state index is 13.9. The van der Waals surface area contributed by atoms with Crippen molar-refractivity contribution in [2.75, 3.05) is 26.1 Å². The van der Waals surface area contributed by atoms with E-state index in [1.807, 2.05) is 26.8 Å². The number of aromatic nitrogens is 2. The molecule has 11 heteroatoms. The molecule has 2 aromatic heterocycles. The first-order valence-corrected chi connectivity index (χ1v) is 12.5. The fourth-order valence-corrected chi connectivity index (χ4v) is 4.71. The van der Waals surface area contributed by atoms with E-state index in [2.05, 4.69) is 15.3 Å². The van der Waals surface area contributed by atoms with E-state index in [4.69, 9.17) is 31.5 Å². The summed E-state index contributed by atoms with van der Waals surface area (Å²) in [5.41, 5.74) is 5.89. The predicted octanol–water partition coefficient (Wildman–Crippen LogP) is 3.66. The summed E-state index contributed by atoms with van der Waals surface area (Å²) < 4.78 is 16.8. The molecule has 4 rings (SSSR count). The number of ether oxygens (including phenoxy) is 3. The number of methoxy groups -OCH3 is 2. The van der Waals surface area contributed by atoms with E-state index >= 15 is 0 Å². The van der Waals surface area contributed by atoms with E-state index in [-0.39, 0.29) is 18.9 Å². The van der Waals surface area contributed by atoms with Crippen molar-refractivity contribution in [3.63, 3.8) is 0 Å². The molecule has 2 amide bonds. The van der Waals surface area contributed by atoms with Crippen molar-refractivity contribution in [3.05, 3.63) is 47.7 Å². The molecule has 0 saturated carbocycles. The molecule has 1 unspecified atom stereocenters. The van der Waals surface area contributed by atoms with Crippen LogP contribution in [-0.4, -0.2) is 65.6 Å². The highest BCUT2D eigenvalue weighted by Crippen LogP contribution is 2.35. The number of nitrogens with zero attached hydrogens (tertiary/aromatic N) is 3. The molecule has 1 fully saturated rings. The molecule has 3 atom stereocenters. The molecular weight excluding hydrogens is 510 g/mol. The Balaban J connectivity index is 1.59. The van der Waals surface area contributed by atoms with Gasteiger partial charge in [-0.05, 0) is 29.7 Å². The van der Waals surface area contributed by atoms with Crippen LogP contribution in [0.25, 0.3) is 10.8 Å². The van der Waals surface area contributed by atoms with Crippen LogP contribution in [0.5, 0.6) is 17.5 Å². The maximum atomic E-state index is 13.9. The lowest BCUT2D eigenvalue weighted by atomic mass is 9.85. The number of carbonyl (C=O) groups is 2. The first kappa shape index (κ1) is 27.3. The molecule has 202 valence electrons. The fourth-order valence-electron chi connectivity index (χ4n) is 4.54. The number of pyridine rings is 2. The molecule has 3 heterocycles. The Morgan fingerprint density at radius 3 is 2.47 bits per heavy atom. The Kier molecular flexibility index (Phi) is 7.82. The Hall–Kier alpha value is -3.79. The van der Waals surface area contributed by atoms with E-state index < -0.39 is 29.5 Å². The zero-order valence-corrected chi connectivity index (χ0v) is 22.8. The quantitative estimate of drug-likeness (QED) is 0.442. The third kappa shape index (κ3) is 5.70. The number of primary amides is 1. The number of nitrogens with one attached hydrogen (secondary N) is 1. The molecule has 0 radical (unpaired) electrons. The second-order valence-electron chi connectivity index (χ2n) is 10.2. The van der Waals surface area contributed by atoms with Gasteiger partial charge in [0.25, 0.3) is 0 Å². The molecular formula is C27H32ClN5O5. The molecule has 1 aliphatic heterocycles. The minimum atomic E-state index is -0.832. The minimum absolute atomic E-state index is 0.164. The van der Waals surface area contributed by atoms with Crippen molar-refractivity contribution in [1.82, 2.24) is 14.9 Å². The highest BCUT2D eigenvalue weighted by atomic mass is 35.5. The maximum Gasteiger partial charge on any atom is 0.246 e. The number of anilines is 1. The van der Waals surface area contributed by atoms with Gasteiger partial charge in [-0.3, -0.25) is 9.59 Å². The van der Waals surface area contributed by atoms with Crippen LogP contribution in [0.15, 0.2) is 42.7 Å². The van der Waals surface area contributed by atoms with E-state index in [0.717, 1.165) is 5.39 Å². The number of likely N-dealkylation sites (tertiary alicyclic amines) is 1. The van der Waals surface area contributed by atoms with Crippen molar-refractivity contribution in [2.24, 2.45) is 11.1 Å². The lowest BCUT2D eigenvalue weighted by Crippen LogP contribution is -2.53. The van der Waals surface area contributed by atoms with Gasteiger partial charge in [-0.15, -0.1) is 0 Å². The first-order chi connectivity index (χ1) is 18.0. The Morgan fingerprint density at radius 2 is 1.87 bits per heavy atom. The normalized spacial score (nSPS) is 18.2. The summed E-state index contributed by atoms with van der Waals surface area (Å²) >= 11 is 6.24. The van der Waals surface area contributed by atoms with Crippen molar-refractivity contribution in [2.45, 2.75) is 45.4 Å². The van der Waals surface area contributed by atoms with Crippen molar-refractivity contribution in [1.29, 1.82) is 0 Å². The van der Waals surface area contributed by atoms with Gasteiger partial charge in [-0.2, -0.15) is 0 Å². The van der Waals surface area contributed by atoms with Gasteiger partial charge in [0.2, 0.25) is 23.6 Å². The van der Waals surface area contributed by atoms with Crippen LogP contribution in [0.2, 0.25) is 5.02 Å². The molecule has 0 spiro atoms. The molecule has 10 nitrogen and oxygen atoms in total. The standard InChI is InChI=1S/C27H32ClN5O5/c1-27(2,3)23(32-16-7-9-22(37-5)30-12-16)26(35)33-14-17(11-20(33)24(29)34)38-25-19-10-15(28)6-8-18(19)21(36-4)13-31-25/h6-10,12-13,17,20,23,32H,11,14H2,1-5H3,(H2,29,34)/t17-,20+,23?/m1/s1. The molecule has 3 N–H and O–H groups in total. The van der Waals surface area contributed by atoms with Crippen LogP contribution >= 0.6 is 11.6 Å². The number of halogens is 1. The van der Waals surface area contributed by atoms with Crippen LogP contribution in [0, 0.1) is 5.41 Å². The van der Waals surface area contributed by atoms with Crippen molar-refractivity contribution < 1.29 is 23.8 Å². The van der Waals surface area contributed by atoms with Crippen molar-refractivity contribution in [3.8, 4) is 17.5 Å². The van der Waals surface area contributed by atoms with Crippen LogP contribution in [0.4, 0.5) is 5.69 Å². The Bertz CT molecular complexity index is 1330. The van der Waals surface area contributed by atoms with Crippen molar-refractivity contribution >= 4 is 39.9 Å². The molecule has 1 saturated heterocycles. The van der Waals surface area contributed by atoms with Gasteiger partial charge >= 0.3 is 0 Å². The minimum Gasteiger partial charge on any atom is -0.494 e. The third-order valence-corrected chi connectivity index (χ3v) is 6.75. The molecule has 1 aromatic carbocycles. The number of rotatable bonds is 8. The summed E-state index contributed by atoms with van der Waals surface area (Å²) in [5.74, 6) is 0.510. The number of carbonyl (C=O) groups excluding carboxylic acids is 2. The Morgan fingerprint density at radius 1 is 1.11 bits per heavy atom. The lowest BCUT2D eigenvalue weighted by Gasteiger charge is -2.35. The second-order valence-corrected chi connectivity index (χ2v) is 10.7. The zero-order valence-electron chi connectivity index (χ0n) is 22.0. The summed E-state index contributed by atoms with van der Waals surface area (Å²) in [6.45, 7) is 6.00. The van der Waals surface area contributed by atoms with Crippen LogP contribution < -0.4 is 25.3 Å². The lowest BCUT2D eigenvalue weighted by molar-refractivity contribution is -0.139. The summed E-state index contributed by atoms with van der Waals surface area (Å²) in [7, 11) is 3.09. The highest BCUT2D eigenvalue weighted by molar-refractivity contribution is 6.31. The SMILES string of the molecule is COc1ccc(NC(C(=O)N2C[C@H](Oc3ncc(OC)c4ccc(Cl)cc34)C[C@H]2C(N)=O)C(C)(C)C)cn1. The number of hydrogen-bond donors (Lipinski definition) is 2. The number of hydrogen-bond acceptors (Lipinski definition) is 8. The second kappa shape index (κ2) is 10.9. The average molecular weight is 542 g/mol. The molecule has 3 aromatic rings. The van der Waals surface area contributed by atoms with Gasteiger partial charge in [0.1, 0.15) is 23.9 Å². The molecule has 0 bridgehead atoms. The van der Waals surface area contributed by atoms with Gasteiger partial charge in [-0.25, -0.2) is 9.97 Å². The van der Waals surface area contributed by atoms with Gasteiger partial charge in [0.15, 0.2) is 0 Å². The third-order valence-electron chi connectivity index (χ3n) is 6.52. The smallest absolute Gasteiger partial charge is 0.246 e. The average Bonchev–Trinajstić information content (AvgIpc) is 3.31. The van der Waals surface area contributed by atoms with Gasteiger partial charge in [0, 0.05) is 28.3 Å². The predicted molar refractivity (Wildman–Crippen MR) is 145 cm³/mol. The van der Waals surface area contributed by atoms with E-state index in [1.54, 1.807) is 43.8 Å². The number of fused-ring (bicyclic) bond motifs is 1. The number of amides is 2. The van der Waals surface area contributed by atoms with Crippen LogP contribution in [0.3, 0.4) is 0 Å². The zero-order chi connectivity index (χ0) is 27.6. The van der Waals surface area contributed by atoms with Crippen LogP contribution in [-0.2, 0) is 9.59 Å². The van der Waals surface area contributed by atoms with E-state index in [0.29, 0.717) is 33.6 Å². The number of nitrogens with two attached hydrogens (primary N) is 1. The largest absolute Gasteiger partial charge is 0.494 e. The Labute approximate surface area is 226 Å². The topological polar surface area (TPSA) is 129 Å².